The number of fused-ring (bicyclic) bond motifs is 18. The van der Waals surface area contributed by atoms with E-state index in [1.807, 2.05) is 55.4 Å². The molecule has 0 bridgehead atoms. The Hall–Kier alpha value is -6.11. The summed E-state index contributed by atoms with van der Waals surface area (Å²) < 4.78 is 0. The van der Waals surface area contributed by atoms with Crippen LogP contribution in [0, 0.1) is 0 Å². The molecule has 2 heteroatoms. The van der Waals surface area contributed by atoms with Crippen LogP contribution in [0.1, 0.15) is 122 Å². The summed E-state index contributed by atoms with van der Waals surface area (Å²) in [6, 6.07) is 62.0. The molecule has 8 aromatic carbocycles. The minimum absolute atomic E-state index is 0.271. The van der Waals surface area contributed by atoms with Gasteiger partial charge < -0.3 is 0 Å². The zero-order chi connectivity index (χ0) is 43.6. The van der Waals surface area contributed by atoms with E-state index >= 15 is 0 Å². The van der Waals surface area contributed by atoms with Gasteiger partial charge in [-0.1, -0.05) is 246 Å². The number of hydrogen-bond acceptors (Lipinski definition) is 0. The topological polar surface area (TPSA) is 0 Å². The zero-order valence-corrected chi connectivity index (χ0v) is 38.5. The smallest absolute Gasteiger partial charge is 0.0683 e. The van der Waals surface area contributed by atoms with Gasteiger partial charge in [-0.2, -0.15) is 0 Å². The summed E-state index contributed by atoms with van der Waals surface area (Å²) in [5.74, 6) is 0. The van der Waals surface area contributed by atoms with Crippen molar-refractivity contribution in [2.75, 3.05) is 0 Å². The SMILES string of the molecule is CC.CC.CC.CC.c1ccc2c(c1)Cc1cccc3c1B2c1cc2c(cc1C3)C1(c3ccccc3-2)c2ccccc2-c2cc3c(cc21)Cc1cccc2c1B3c1ccccc1C2. The minimum Gasteiger partial charge on any atom is -0.0683 e. The van der Waals surface area contributed by atoms with Crippen LogP contribution in [-0.2, 0) is 31.1 Å². The lowest BCUT2D eigenvalue weighted by molar-refractivity contribution is 0.790. The quantitative estimate of drug-likeness (QED) is 0.134. The van der Waals surface area contributed by atoms with E-state index in [-0.39, 0.29) is 18.8 Å². The van der Waals surface area contributed by atoms with E-state index in [1.165, 1.54) is 111 Å². The van der Waals surface area contributed by atoms with Gasteiger partial charge in [0.15, 0.2) is 0 Å². The van der Waals surface area contributed by atoms with Crippen molar-refractivity contribution >= 4 is 46.2 Å². The Bertz CT molecular complexity index is 2870. The lowest BCUT2D eigenvalue weighted by Crippen LogP contribution is -2.61. The first kappa shape index (κ1) is 40.9. The van der Waals surface area contributed by atoms with Gasteiger partial charge >= 0.3 is 0 Å². The largest absolute Gasteiger partial charge is 0.242 e. The van der Waals surface area contributed by atoms with Crippen LogP contribution in [0.25, 0.3) is 22.3 Å². The Kier molecular flexibility index (Phi) is 10.5. The first-order valence-electron chi connectivity index (χ1n) is 24.2. The molecule has 4 aliphatic heterocycles. The van der Waals surface area contributed by atoms with Crippen LogP contribution in [0.4, 0.5) is 0 Å². The van der Waals surface area contributed by atoms with Crippen molar-refractivity contribution in [1.29, 1.82) is 0 Å². The maximum Gasteiger partial charge on any atom is 0.242 e. The van der Waals surface area contributed by atoms with Gasteiger partial charge in [0.25, 0.3) is 0 Å². The monoisotopic (exact) mass is 812 g/mol. The fourth-order valence-corrected chi connectivity index (χ4v) is 12.6. The lowest BCUT2D eigenvalue weighted by Gasteiger charge is -2.36. The summed E-state index contributed by atoms with van der Waals surface area (Å²) in [6.07, 6.45) is 4.02. The fourth-order valence-electron chi connectivity index (χ4n) is 12.6. The van der Waals surface area contributed by atoms with E-state index in [0.29, 0.717) is 0 Å². The number of rotatable bonds is 0. The predicted octanol–water partition coefficient (Wildman–Crippen LogP) is 10.8. The van der Waals surface area contributed by atoms with Gasteiger partial charge in [-0.3, -0.25) is 0 Å². The van der Waals surface area contributed by atoms with Crippen molar-refractivity contribution in [1.82, 2.24) is 0 Å². The normalized spacial score (nSPS) is 14.2. The van der Waals surface area contributed by atoms with Crippen molar-refractivity contribution in [2.24, 2.45) is 0 Å². The molecule has 0 amide bonds. The summed E-state index contributed by atoms with van der Waals surface area (Å²) in [5, 5.41) is 0. The van der Waals surface area contributed by atoms with Crippen molar-refractivity contribution < 1.29 is 0 Å². The molecule has 4 heterocycles. The van der Waals surface area contributed by atoms with E-state index in [4.69, 9.17) is 0 Å². The molecule has 0 radical (unpaired) electrons. The van der Waals surface area contributed by atoms with Crippen LogP contribution < -0.4 is 32.8 Å². The maximum absolute atomic E-state index is 2.67. The molecular formula is C61H58B2. The van der Waals surface area contributed by atoms with Gasteiger partial charge in [0.05, 0.1) is 5.41 Å². The third-order valence-electron chi connectivity index (χ3n) is 14.6. The summed E-state index contributed by atoms with van der Waals surface area (Å²) in [4.78, 5) is 0. The molecule has 1 spiro atoms. The average molecular weight is 813 g/mol. The molecule has 0 aromatic heterocycles. The van der Waals surface area contributed by atoms with Gasteiger partial charge in [0.2, 0.25) is 13.4 Å². The summed E-state index contributed by atoms with van der Waals surface area (Å²) >= 11 is 0. The van der Waals surface area contributed by atoms with Gasteiger partial charge in [-0.05, 0) is 115 Å². The molecule has 63 heavy (non-hydrogen) atoms. The molecule has 308 valence electrons. The third kappa shape index (κ3) is 5.62. The van der Waals surface area contributed by atoms with E-state index in [2.05, 4.69) is 158 Å². The standard InChI is InChI=1S/C53H34B2.4C2H6/c1-7-21-47-31(11-1)23-33-13-9-15-35-25-37-27-45-41(29-49(37)54(47)51(33)35)39-17-3-5-19-43(39)53(45)44-20-6-4-18-40(44)42-30-50-38(28-46(42)53)26-36-16-10-14-34-24-32-12-2-8-22-48(32)55(50)52(34)36;4*1-2/h1-22,27-30H,23-26H2;4*1-2H3. The van der Waals surface area contributed by atoms with Gasteiger partial charge in [0, 0.05) is 0 Å². The number of benzene rings is 8. The van der Waals surface area contributed by atoms with E-state index in [9.17, 15) is 0 Å². The average Bonchev–Trinajstić information content (AvgIpc) is 3.81. The highest BCUT2D eigenvalue weighted by molar-refractivity contribution is 6.98. The fraction of sp³-hybridized carbons (Fsp3) is 0.213. The Morgan fingerprint density at radius 1 is 0.286 bits per heavy atom. The molecule has 8 aromatic rings. The second-order valence-electron chi connectivity index (χ2n) is 17.0. The second kappa shape index (κ2) is 16.2. The first-order valence-corrected chi connectivity index (χ1v) is 24.2. The Morgan fingerprint density at radius 2 is 0.619 bits per heavy atom. The highest BCUT2D eigenvalue weighted by Crippen LogP contribution is 2.63. The highest BCUT2D eigenvalue weighted by atomic mass is 14.5. The van der Waals surface area contributed by atoms with Crippen LogP contribution >= 0.6 is 0 Å². The van der Waals surface area contributed by atoms with Crippen molar-refractivity contribution in [3.63, 3.8) is 0 Å². The molecule has 0 unspecified atom stereocenters. The number of hydrogen-bond donors (Lipinski definition) is 0. The Morgan fingerprint density at radius 3 is 1.03 bits per heavy atom. The third-order valence-corrected chi connectivity index (χ3v) is 14.6. The molecule has 0 atom stereocenters. The summed E-state index contributed by atoms with van der Waals surface area (Å²) in [6.45, 7) is 16.5. The van der Waals surface area contributed by atoms with Crippen LogP contribution in [0.2, 0.25) is 0 Å². The molecule has 2 aliphatic carbocycles. The van der Waals surface area contributed by atoms with E-state index in [0.717, 1.165) is 25.7 Å². The van der Waals surface area contributed by atoms with Crippen LogP contribution in [0.15, 0.2) is 158 Å². The van der Waals surface area contributed by atoms with Crippen molar-refractivity contribution in [3.8, 4) is 22.3 Å². The highest BCUT2D eigenvalue weighted by Gasteiger charge is 2.53. The van der Waals surface area contributed by atoms with Crippen LogP contribution in [-0.4, -0.2) is 13.4 Å². The Labute approximate surface area is 377 Å². The lowest BCUT2D eigenvalue weighted by atomic mass is 9.30. The molecule has 0 fully saturated rings. The zero-order valence-electron chi connectivity index (χ0n) is 38.5. The predicted molar refractivity (Wildman–Crippen MR) is 274 cm³/mol. The second-order valence-corrected chi connectivity index (χ2v) is 17.0. The first-order chi connectivity index (χ1) is 31.3. The van der Waals surface area contributed by atoms with Crippen LogP contribution in [0.3, 0.4) is 0 Å². The van der Waals surface area contributed by atoms with Gasteiger partial charge in [-0.25, -0.2) is 0 Å². The summed E-state index contributed by atoms with van der Waals surface area (Å²) in [7, 11) is 0. The van der Waals surface area contributed by atoms with Crippen molar-refractivity contribution in [2.45, 2.75) is 86.5 Å². The molecule has 6 aliphatic rings. The van der Waals surface area contributed by atoms with Crippen molar-refractivity contribution in [3.05, 3.63) is 224 Å². The van der Waals surface area contributed by atoms with Gasteiger partial charge in [0.1, 0.15) is 0 Å². The molecule has 0 nitrogen and oxygen atoms in total. The Balaban J connectivity index is 0.000000561. The molecular weight excluding hydrogens is 754 g/mol. The summed E-state index contributed by atoms with van der Waals surface area (Å²) in [5.41, 5.74) is 32.0. The molecule has 0 saturated heterocycles. The minimum atomic E-state index is -0.374. The van der Waals surface area contributed by atoms with Crippen LogP contribution in [0.5, 0.6) is 0 Å². The van der Waals surface area contributed by atoms with E-state index < -0.39 is 0 Å². The van der Waals surface area contributed by atoms with Gasteiger partial charge in [-0.15, -0.1) is 0 Å². The molecule has 14 rings (SSSR count). The molecule has 0 saturated carbocycles. The van der Waals surface area contributed by atoms with E-state index in [1.54, 1.807) is 10.9 Å². The molecule has 0 N–H and O–H groups in total. The maximum atomic E-state index is 2.67.